The number of rotatable bonds is 6. The van der Waals surface area contributed by atoms with E-state index in [-0.39, 0.29) is 6.04 Å². The molecule has 0 radical (unpaired) electrons. The zero-order valence-corrected chi connectivity index (χ0v) is 18.6. The smallest absolute Gasteiger partial charge is 0.0709 e. The molecule has 0 aliphatic heterocycles. The van der Waals surface area contributed by atoms with Crippen LogP contribution in [0, 0.1) is 6.92 Å². The molecule has 0 bridgehead atoms. The van der Waals surface area contributed by atoms with Gasteiger partial charge in [-0.1, -0.05) is 36.4 Å². The largest absolute Gasteiger partial charge is 0.399 e. The van der Waals surface area contributed by atoms with Crippen LogP contribution < -0.4 is 11.1 Å². The van der Waals surface area contributed by atoms with Crippen molar-refractivity contribution in [1.82, 2.24) is 9.97 Å². The summed E-state index contributed by atoms with van der Waals surface area (Å²) < 4.78 is 0. The van der Waals surface area contributed by atoms with Crippen LogP contribution in [0.3, 0.4) is 0 Å². The van der Waals surface area contributed by atoms with E-state index in [9.17, 15) is 0 Å². The summed E-state index contributed by atoms with van der Waals surface area (Å²) in [4.78, 5) is 9.35. The number of anilines is 1. The number of hydrogen-bond donors (Lipinski definition) is 2. The van der Waals surface area contributed by atoms with E-state index in [2.05, 4.69) is 61.1 Å². The minimum atomic E-state index is 0.0765. The molecule has 1 unspecified atom stereocenters. The number of aryl methyl sites for hydroxylation is 1. The summed E-state index contributed by atoms with van der Waals surface area (Å²) in [5, 5.41) is 5.99. The zero-order chi connectivity index (χ0) is 22.2. The predicted octanol–water partition coefficient (Wildman–Crippen LogP) is 6.59. The summed E-state index contributed by atoms with van der Waals surface area (Å²) in [5.74, 6) is 0.621. The molecule has 2 aromatic heterocycles. The Morgan fingerprint density at radius 2 is 1.91 bits per heavy atom. The van der Waals surface area contributed by atoms with Crippen molar-refractivity contribution in [3.63, 3.8) is 0 Å². The molecule has 1 aliphatic carbocycles. The Morgan fingerprint density at radius 3 is 2.69 bits per heavy atom. The predicted molar refractivity (Wildman–Crippen MR) is 133 cm³/mol. The first kappa shape index (κ1) is 20.3. The van der Waals surface area contributed by atoms with Gasteiger partial charge < -0.3 is 11.1 Å². The minimum absolute atomic E-state index is 0.0765. The molecule has 2 heterocycles. The Kier molecular flexibility index (Phi) is 5.14. The monoisotopic (exact) mass is 420 g/mol. The molecule has 160 valence electrons. The summed E-state index contributed by atoms with van der Waals surface area (Å²) in [6.45, 7) is 8.24. The van der Waals surface area contributed by atoms with E-state index in [1.807, 2.05) is 36.7 Å². The number of benzene rings is 2. The summed E-state index contributed by atoms with van der Waals surface area (Å²) >= 11 is 0. The number of nitrogens with two attached hydrogens (primary N) is 1. The number of para-hydroxylation sites is 1. The van der Waals surface area contributed by atoms with Gasteiger partial charge in [0.1, 0.15) is 0 Å². The van der Waals surface area contributed by atoms with E-state index in [0.29, 0.717) is 11.6 Å². The van der Waals surface area contributed by atoms with Crippen LogP contribution in [0.15, 0.2) is 73.6 Å². The van der Waals surface area contributed by atoms with Gasteiger partial charge in [0.25, 0.3) is 0 Å². The van der Waals surface area contributed by atoms with Crippen LogP contribution >= 0.6 is 0 Å². The zero-order valence-electron chi connectivity index (χ0n) is 18.6. The third kappa shape index (κ3) is 3.96. The van der Waals surface area contributed by atoms with Gasteiger partial charge in [0.2, 0.25) is 0 Å². The minimum Gasteiger partial charge on any atom is -0.399 e. The van der Waals surface area contributed by atoms with Gasteiger partial charge in [-0.05, 0) is 68.0 Å². The molecule has 0 amide bonds. The van der Waals surface area contributed by atoms with Gasteiger partial charge in [-0.25, -0.2) is 0 Å². The van der Waals surface area contributed by atoms with E-state index < -0.39 is 0 Å². The number of nitrogens with zero attached hydrogens (tertiary/aromatic N) is 2. The molecular formula is C28H28N4. The fourth-order valence-electron chi connectivity index (χ4n) is 4.37. The number of hydrogen-bond acceptors (Lipinski definition) is 4. The maximum Gasteiger partial charge on any atom is 0.0709 e. The van der Waals surface area contributed by atoms with Crippen LogP contribution in [0.2, 0.25) is 0 Å². The molecule has 1 fully saturated rings. The highest BCUT2D eigenvalue weighted by atomic mass is 14.9. The van der Waals surface area contributed by atoms with E-state index >= 15 is 0 Å². The van der Waals surface area contributed by atoms with Crippen LogP contribution in [-0.4, -0.2) is 9.97 Å². The van der Waals surface area contributed by atoms with Crippen LogP contribution in [-0.2, 0) is 0 Å². The average Bonchev–Trinajstić information content (AvgIpc) is 3.64. The molecule has 0 spiro atoms. The Labute approximate surface area is 189 Å². The van der Waals surface area contributed by atoms with Crippen LogP contribution in [0.5, 0.6) is 0 Å². The van der Waals surface area contributed by atoms with E-state index in [1.54, 1.807) is 0 Å². The fourth-order valence-corrected chi connectivity index (χ4v) is 4.37. The number of aromatic nitrogens is 2. The summed E-state index contributed by atoms with van der Waals surface area (Å²) in [5.41, 5.74) is 14.2. The second kappa shape index (κ2) is 8.12. The Balaban J connectivity index is 1.56. The summed E-state index contributed by atoms with van der Waals surface area (Å²) in [6.07, 6.45) is 6.38. The van der Waals surface area contributed by atoms with Crippen molar-refractivity contribution in [2.24, 2.45) is 5.73 Å². The highest BCUT2D eigenvalue weighted by Gasteiger charge is 2.25. The lowest BCUT2D eigenvalue weighted by Crippen LogP contribution is -2.10. The second-order valence-corrected chi connectivity index (χ2v) is 8.83. The van der Waals surface area contributed by atoms with E-state index in [1.165, 1.54) is 35.0 Å². The molecule has 5 rings (SSSR count). The maximum absolute atomic E-state index is 6.02. The Hall–Kier alpha value is -3.66. The Bertz CT molecular complexity index is 1320. The first-order valence-corrected chi connectivity index (χ1v) is 11.2. The first-order chi connectivity index (χ1) is 15.5. The van der Waals surface area contributed by atoms with Crippen LogP contribution in [0.4, 0.5) is 5.69 Å². The van der Waals surface area contributed by atoms with E-state index in [4.69, 9.17) is 10.7 Å². The van der Waals surface area contributed by atoms with Crippen molar-refractivity contribution in [2.75, 3.05) is 5.32 Å². The molecule has 3 N–H and O–H groups in total. The topological polar surface area (TPSA) is 63.8 Å². The summed E-state index contributed by atoms with van der Waals surface area (Å²) in [6, 6.07) is 19.0. The van der Waals surface area contributed by atoms with Crippen molar-refractivity contribution < 1.29 is 0 Å². The maximum atomic E-state index is 6.02. The molecule has 1 saturated carbocycles. The third-order valence-electron chi connectivity index (χ3n) is 6.20. The van der Waals surface area contributed by atoms with E-state index in [0.717, 1.165) is 27.9 Å². The standard InChI is InChI=1S/C28H28N4/c1-17-12-22-16-31-28(21-10-11-30-27(14-21)20-8-9-20)15-25(22)24(13-17)19(3)32-26-7-5-4-6-23(26)18(2)29/h4-7,10-16,19-20,32H,2,8-9,29H2,1,3H3. The highest BCUT2D eigenvalue weighted by Crippen LogP contribution is 2.40. The van der Waals surface area contributed by atoms with Crippen molar-refractivity contribution >= 4 is 22.2 Å². The lowest BCUT2D eigenvalue weighted by Gasteiger charge is -2.21. The van der Waals surface area contributed by atoms with Crippen LogP contribution in [0.25, 0.3) is 27.7 Å². The van der Waals surface area contributed by atoms with Crippen LogP contribution in [0.1, 0.15) is 54.1 Å². The van der Waals surface area contributed by atoms with Gasteiger partial charge in [-0.3, -0.25) is 9.97 Å². The number of nitrogens with one attached hydrogen (secondary N) is 1. The van der Waals surface area contributed by atoms with Gasteiger partial charge in [0.05, 0.1) is 5.69 Å². The lowest BCUT2D eigenvalue weighted by atomic mass is 9.96. The van der Waals surface area contributed by atoms with Crippen molar-refractivity contribution in [3.8, 4) is 11.3 Å². The fraction of sp³-hybridized carbons (Fsp3) is 0.214. The Morgan fingerprint density at radius 1 is 1.09 bits per heavy atom. The number of pyridine rings is 2. The molecule has 4 aromatic rings. The molecule has 0 saturated heterocycles. The highest BCUT2D eigenvalue weighted by molar-refractivity contribution is 5.89. The van der Waals surface area contributed by atoms with Crippen molar-refractivity contribution in [3.05, 3.63) is 96.0 Å². The van der Waals surface area contributed by atoms with Crippen molar-refractivity contribution in [2.45, 2.75) is 38.6 Å². The van der Waals surface area contributed by atoms with Gasteiger partial charge in [-0.15, -0.1) is 0 Å². The van der Waals surface area contributed by atoms with Gasteiger partial charge in [0.15, 0.2) is 0 Å². The molecular weight excluding hydrogens is 392 g/mol. The quantitative estimate of drug-likeness (QED) is 0.369. The molecule has 1 aliphatic rings. The van der Waals surface area contributed by atoms with Gasteiger partial charge in [0, 0.05) is 57.9 Å². The second-order valence-electron chi connectivity index (χ2n) is 8.83. The molecule has 4 nitrogen and oxygen atoms in total. The molecule has 2 aromatic carbocycles. The first-order valence-electron chi connectivity index (χ1n) is 11.2. The van der Waals surface area contributed by atoms with Crippen molar-refractivity contribution in [1.29, 1.82) is 0 Å². The normalized spacial score (nSPS) is 14.3. The molecule has 1 atom stereocenters. The summed E-state index contributed by atoms with van der Waals surface area (Å²) in [7, 11) is 0. The van der Waals surface area contributed by atoms with Gasteiger partial charge in [-0.2, -0.15) is 0 Å². The average molecular weight is 421 g/mol. The van der Waals surface area contributed by atoms with Gasteiger partial charge >= 0.3 is 0 Å². The SMILES string of the molecule is C=C(N)c1ccccc1NC(C)c1cc(C)cc2cnc(-c3ccnc(C4CC4)c3)cc12. The molecule has 4 heteroatoms. The molecule has 32 heavy (non-hydrogen) atoms. The lowest BCUT2D eigenvalue weighted by molar-refractivity contribution is 0.892. The number of fused-ring (bicyclic) bond motifs is 1. The third-order valence-corrected chi connectivity index (χ3v) is 6.20.